The third-order valence-electron chi connectivity index (χ3n) is 3.22. The molecule has 5 heteroatoms. The summed E-state index contributed by atoms with van der Waals surface area (Å²) in [6, 6.07) is -0.331. The number of carbonyl (C=O) groups is 1. The Bertz CT molecular complexity index is 413. The Morgan fingerprint density at radius 2 is 2.25 bits per heavy atom. The fraction of sp³-hybridized carbons (Fsp3) is 0.636. The van der Waals surface area contributed by atoms with E-state index in [-0.39, 0.29) is 11.9 Å². The van der Waals surface area contributed by atoms with Gasteiger partial charge >= 0.3 is 0 Å². The van der Waals surface area contributed by atoms with Gasteiger partial charge < -0.3 is 5.73 Å². The third kappa shape index (κ3) is 1.74. The first-order valence-corrected chi connectivity index (χ1v) is 6.66. The number of rotatable bonds is 2. The first-order chi connectivity index (χ1) is 7.75. The van der Waals surface area contributed by atoms with Gasteiger partial charge in [-0.2, -0.15) is 0 Å². The van der Waals surface area contributed by atoms with E-state index in [2.05, 4.69) is 10.4 Å². The van der Waals surface area contributed by atoms with Crippen molar-refractivity contribution in [1.29, 1.82) is 0 Å². The number of anilines is 1. The summed E-state index contributed by atoms with van der Waals surface area (Å²) in [4.78, 5) is 18.2. The van der Waals surface area contributed by atoms with Crippen LogP contribution in [0.2, 0.25) is 0 Å². The zero-order chi connectivity index (χ0) is 11.1. The average molecular weight is 237 g/mol. The molecule has 1 aliphatic heterocycles. The van der Waals surface area contributed by atoms with Crippen LogP contribution in [0.15, 0.2) is 5.38 Å². The summed E-state index contributed by atoms with van der Waals surface area (Å²) >= 11 is 1.57. The highest BCUT2D eigenvalue weighted by atomic mass is 32.1. The second-order valence-corrected chi connectivity index (χ2v) is 5.40. The van der Waals surface area contributed by atoms with Crippen molar-refractivity contribution in [2.45, 2.75) is 37.6 Å². The Morgan fingerprint density at radius 3 is 3.00 bits per heavy atom. The molecule has 0 spiro atoms. The molecule has 2 N–H and O–H groups in total. The van der Waals surface area contributed by atoms with Gasteiger partial charge in [0, 0.05) is 17.8 Å². The van der Waals surface area contributed by atoms with Crippen molar-refractivity contribution in [1.82, 2.24) is 4.98 Å². The van der Waals surface area contributed by atoms with Crippen molar-refractivity contribution in [3.63, 3.8) is 0 Å². The van der Waals surface area contributed by atoms with Crippen LogP contribution < -0.4 is 10.6 Å². The summed E-state index contributed by atoms with van der Waals surface area (Å²) in [6.45, 7) is 0.768. The van der Waals surface area contributed by atoms with Crippen LogP contribution in [-0.4, -0.2) is 23.5 Å². The van der Waals surface area contributed by atoms with Gasteiger partial charge in [-0.1, -0.05) is 0 Å². The van der Waals surface area contributed by atoms with Gasteiger partial charge in [0.1, 0.15) is 0 Å². The van der Waals surface area contributed by atoms with Crippen molar-refractivity contribution in [3.8, 4) is 0 Å². The van der Waals surface area contributed by atoms with Crippen molar-refractivity contribution in [2.24, 2.45) is 5.73 Å². The maximum Gasteiger partial charge on any atom is 0.245 e. The molecule has 2 heterocycles. The molecule has 86 valence electrons. The van der Waals surface area contributed by atoms with E-state index in [1.165, 1.54) is 12.8 Å². The van der Waals surface area contributed by atoms with Gasteiger partial charge in [-0.25, -0.2) is 4.98 Å². The van der Waals surface area contributed by atoms with E-state index in [0.717, 1.165) is 30.2 Å². The molecule has 1 aromatic rings. The van der Waals surface area contributed by atoms with E-state index in [0.29, 0.717) is 5.92 Å². The normalized spacial score (nSPS) is 26.2. The van der Waals surface area contributed by atoms with Crippen molar-refractivity contribution < 1.29 is 4.79 Å². The number of thiazole rings is 1. The molecule has 16 heavy (non-hydrogen) atoms. The van der Waals surface area contributed by atoms with Crippen LogP contribution in [0, 0.1) is 0 Å². The van der Waals surface area contributed by atoms with E-state index in [9.17, 15) is 4.79 Å². The number of hydrogen-bond donors (Lipinski definition) is 1. The molecular formula is C11H15N3OS. The number of aromatic nitrogens is 1. The number of piperidine rings is 1. The van der Waals surface area contributed by atoms with Gasteiger partial charge in [0.05, 0.1) is 11.7 Å². The Kier molecular flexibility index (Phi) is 2.44. The summed E-state index contributed by atoms with van der Waals surface area (Å²) in [5, 5.41) is 2.92. The largest absolute Gasteiger partial charge is 0.320 e. The molecule has 3 rings (SSSR count). The molecule has 2 aliphatic rings. The second-order valence-electron chi connectivity index (χ2n) is 4.57. The van der Waals surface area contributed by atoms with Crippen molar-refractivity contribution in [2.75, 3.05) is 11.4 Å². The van der Waals surface area contributed by atoms with Crippen molar-refractivity contribution >= 4 is 22.4 Å². The fourth-order valence-electron chi connectivity index (χ4n) is 2.06. The maximum atomic E-state index is 11.9. The Hall–Kier alpha value is -0.940. The Morgan fingerprint density at radius 1 is 1.44 bits per heavy atom. The zero-order valence-corrected chi connectivity index (χ0v) is 9.87. The molecule has 0 aromatic carbocycles. The highest BCUT2D eigenvalue weighted by Gasteiger charge is 2.31. The standard InChI is InChI=1S/C11H15N3OS/c12-8-2-1-5-14(10(8)15)11-13-9(6-16-11)7-3-4-7/h6-8H,1-5,12H2. The highest BCUT2D eigenvalue weighted by Crippen LogP contribution is 2.41. The lowest BCUT2D eigenvalue weighted by atomic mass is 10.1. The SMILES string of the molecule is NC1CCCN(c2nc(C3CC3)cs2)C1=O. The minimum absolute atomic E-state index is 0.0305. The van der Waals surface area contributed by atoms with E-state index >= 15 is 0 Å². The number of carbonyl (C=O) groups excluding carboxylic acids is 1. The summed E-state index contributed by atoms with van der Waals surface area (Å²) in [6.07, 6.45) is 4.27. The predicted molar refractivity (Wildman–Crippen MR) is 63.7 cm³/mol. The second kappa shape index (κ2) is 3.82. The van der Waals surface area contributed by atoms with Crippen LogP contribution in [0.25, 0.3) is 0 Å². The van der Waals surface area contributed by atoms with Gasteiger partial charge in [0.2, 0.25) is 5.91 Å². The molecule has 0 bridgehead atoms. The van der Waals surface area contributed by atoms with E-state index in [1.807, 2.05) is 0 Å². The summed E-state index contributed by atoms with van der Waals surface area (Å²) in [5.41, 5.74) is 6.93. The van der Waals surface area contributed by atoms with Crippen LogP contribution in [-0.2, 0) is 4.79 Å². The summed E-state index contributed by atoms with van der Waals surface area (Å²) in [5.74, 6) is 0.682. The highest BCUT2D eigenvalue weighted by molar-refractivity contribution is 7.14. The lowest BCUT2D eigenvalue weighted by molar-refractivity contribution is -0.120. The molecule has 1 aliphatic carbocycles. The Balaban J connectivity index is 1.81. The lowest BCUT2D eigenvalue weighted by Crippen LogP contribution is -2.48. The van der Waals surface area contributed by atoms with Gasteiger partial charge in [0.25, 0.3) is 0 Å². The van der Waals surface area contributed by atoms with Crippen LogP contribution in [0.1, 0.15) is 37.3 Å². The monoisotopic (exact) mass is 237 g/mol. The van der Waals surface area contributed by atoms with Gasteiger partial charge in [-0.3, -0.25) is 9.69 Å². The maximum absolute atomic E-state index is 11.9. The molecular weight excluding hydrogens is 222 g/mol. The number of amides is 1. The number of nitrogens with zero attached hydrogens (tertiary/aromatic N) is 2. The average Bonchev–Trinajstić information content (AvgIpc) is 3.02. The van der Waals surface area contributed by atoms with E-state index in [4.69, 9.17) is 5.73 Å². The minimum Gasteiger partial charge on any atom is -0.320 e. The molecule has 1 saturated heterocycles. The van der Waals surface area contributed by atoms with Crippen LogP contribution >= 0.6 is 11.3 Å². The predicted octanol–water partition coefficient (Wildman–Crippen LogP) is 1.47. The van der Waals surface area contributed by atoms with E-state index < -0.39 is 0 Å². The van der Waals surface area contributed by atoms with Crippen LogP contribution in [0.3, 0.4) is 0 Å². The van der Waals surface area contributed by atoms with Gasteiger partial charge in [-0.05, 0) is 25.7 Å². The summed E-state index contributed by atoms with van der Waals surface area (Å²) < 4.78 is 0. The molecule has 1 saturated carbocycles. The number of nitrogens with two attached hydrogens (primary N) is 1. The first-order valence-electron chi connectivity index (χ1n) is 5.78. The van der Waals surface area contributed by atoms with Crippen LogP contribution in [0.5, 0.6) is 0 Å². The quantitative estimate of drug-likeness (QED) is 0.847. The molecule has 0 radical (unpaired) electrons. The third-order valence-corrected chi connectivity index (χ3v) is 4.10. The minimum atomic E-state index is -0.331. The van der Waals surface area contributed by atoms with Crippen LogP contribution in [0.4, 0.5) is 5.13 Å². The van der Waals surface area contributed by atoms with Crippen molar-refractivity contribution in [3.05, 3.63) is 11.1 Å². The Labute approximate surface area is 98.5 Å². The first kappa shape index (κ1) is 10.2. The zero-order valence-electron chi connectivity index (χ0n) is 9.06. The molecule has 1 amide bonds. The fourth-order valence-corrected chi connectivity index (χ4v) is 3.00. The molecule has 4 nitrogen and oxygen atoms in total. The molecule has 1 atom stereocenters. The van der Waals surface area contributed by atoms with E-state index in [1.54, 1.807) is 16.2 Å². The molecule has 1 aromatic heterocycles. The molecule has 2 fully saturated rings. The van der Waals surface area contributed by atoms with Gasteiger partial charge in [-0.15, -0.1) is 11.3 Å². The summed E-state index contributed by atoms with van der Waals surface area (Å²) in [7, 11) is 0. The number of hydrogen-bond acceptors (Lipinski definition) is 4. The smallest absolute Gasteiger partial charge is 0.245 e. The lowest BCUT2D eigenvalue weighted by Gasteiger charge is -2.28. The van der Waals surface area contributed by atoms with Gasteiger partial charge in [0.15, 0.2) is 5.13 Å². The topological polar surface area (TPSA) is 59.2 Å². The molecule has 1 unspecified atom stereocenters.